The number of nitrogens with one attached hydrogen (secondary N) is 1. The first-order valence-corrected chi connectivity index (χ1v) is 7.97. The van der Waals surface area contributed by atoms with Crippen LogP contribution in [0.2, 0.25) is 0 Å². The van der Waals surface area contributed by atoms with E-state index in [1.165, 1.54) is 0 Å². The van der Waals surface area contributed by atoms with Gasteiger partial charge in [0.1, 0.15) is 5.82 Å². The van der Waals surface area contributed by atoms with E-state index in [1.54, 1.807) is 19.2 Å². The maximum Gasteiger partial charge on any atom is 0.172 e. The molecule has 5 nitrogen and oxygen atoms in total. The number of methoxy groups -OCH3 is 1. The molecule has 5 heteroatoms. The van der Waals surface area contributed by atoms with Crippen LogP contribution in [0, 0.1) is 11.3 Å². The van der Waals surface area contributed by atoms with Crippen molar-refractivity contribution in [2.45, 2.75) is 19.8 Å². The molecule has 1 N–H and O–H groups in total. The van der Waals surface area contributed by atoms with E-state index in [0.717, 1.165) is 29.4 Å². The van der Waals surface area contributed by atoms with E-state index >= 15 is 0 Å². The van der Waals surface area contributed by atoms with Crippen molar-refractivity contribution in [1.29, 1.82) is 5.26 Å². The first-order chi connectivity index (χ1) is 11.8. The molecular weight excluding hydrogens is 302 g/mol. The molecule has 3 rings (SSSR count). The third-order valence-corrected chi connectivity index (χ3v) is 3.81. The number of aromatic nitrogens is 2. The first-order valence-electron chi connectivity index (χ1n) is 7.97. The Morgan fingerprint density at radius 2 is 2.12 bits per heavy atom. The number of benzene rings is 2. The Kier molecular flexibility index (Phi) is 4.66. The highest BCUT2D eigenvalue weighted by Gasteiger charge is 2.15. The van der Waals surface area contributed by atoms with Crippen LogP contribution in [0.25, 0.3) is 22.4 Å². The van der Waals surface area contributed by atoms with Crippen LogP contribution >= 0.6 is 0 Å². The van der Waals surface area contributed by atoms with Crippen molar-refractivity contribution < 1.29 is 9.47 Å². The zero-order valence-corrected chi connectivity index (χ0v) is 13.8. The van der Waals surface area contributed by atoms with E-state index < -0.39 is 0 Å². The molecule has 0 amide bonds. The Balaban J connectivity index is 2.06. The molecule has 0 aliphatic heterocycles. The Bertz CT molecular complexity index is 893. The molecule has 24 heavy (non-hydrogen) atoms. The van der Waals surface area contributed by atoms with E-state index in [0.29, 0.717) is 29.5 Å². The molecule has 2 aromatic carbocycles. The molecule has 0 saturated carbocycles. The summed E-state index contributed by atoms with van der Waals surface area (Å²) in [4.78, 5) is 7.89. The van der Waals surface area contributed by atoms with Crippen molar-refractivity contribution in [3.8, 4) is 29.0 Å². The van der Waals surface area contributed by atoms with Gasteiger partial charge in [0.25, 0.3) is 0 Å². The average molecular weight is 321 g/mol. The molecule has 0 aliphatic carbocycles. The summed E-state index contributed by atoms with van der Waals surface area (Å²) in [6.07, 6.45) is 2.04. The molecule has 1 heterocycles. The Morgan fingerprint density at radius 1 is 1.25 bits per heavy atom. The highest BCUT2D eigenvalue weighted by Crippen LogP contribution is 2.37. The van der Waals surface area contributed by atoms with Crippen molar-refractivity contribution in [1.82, 2.24) is 9.97 Å². The summed E-state index contributed by atoms with van der Waals surface area (Å²) in [6, 6.07) is 13.3. The van der Waals surface area contributed by atoms with Gasteiger partial charge >= 0.3 is 0 Å². The lowest BCUT2D eigenvalue weighted by molar-refractivity contribution is 0.289. The second-order valence-corrected chi connectivity index (χ2v) is 5.47. The van der Waals surface area contributed by atoms with E-state index in [9.17, 15) is 0 Å². The number of nitrogens with zero attached hydrogens (tertiary/aromatic N) is 2. The predicted molar refractivity (Wildman–Crippen MR) is 93.2 cm³/mol. The minimum atomic E-state index is 0.600. The van der Waals surface area contributed by atoms with Crippen LogP contribution in [0.1, 0.15) is 25.3 Å². The number of imidazole rings is 1. The van der Waals surface area contributed by atoms with Crippen LogP contribution in [0.3, 0.4) is 0 Å². The minimum Gasteiger partial charge on any atom is -0.493 e. The summed E-state index contributed by atoms with van der Waals surface area (Å²) in [7, 11) is 1.63. The van der Waals surface area contributed by atoms with E-state index in [4.69, 9.17) is 14.7 Å². The van der Waals surface area contributed by atoms with Crippen molar-refractivity contribution in [3.05, 3.63) is 42.0 Å². The van der Waals surface area contributed by atoms with E-state index in [2.05, 4.69) is 23.0 Å². The van der Waals surface area contributed by atoms with Crippen LogP contribution in [0.4, 0.5) is 0 Å². The molecule has 0 spiro atoms. The number of aromatic amines is 1. The second kappa shape index (κ2) is 7.05. The first kappa shape index (κ1) is 15.9. The third-order valence-electron chi connectivity index (χ3n) is 3.81. The standard InChI is InChI=1S/C19H19N3O2/c1-3-4-10-24-18-14(6-5-7-17(18)23-2)19-21-15-9-8-13(12-20)11-16(15)22-19/h5-9,11H,3-4,10H2,1-2H3,(H,21,22). The van der Waals surface area contributed by atoms with Crippen LogP contribution in [-0.2, 0) is 0 Å². The van der Waals surface area contributed by atoms with Gasteiger partial charge in [-0.05, 0) is 36.8 Å². The molecule has 0 saturated heterocycles. The molecule has 122 valence electrons. The number of nitriles is 1. The lowest BCUT2D eigenvalue weighted by Crippen LogP contribution is -2.01. The number of hydrogen-bond acceptors (Lipinski definition) is 4. The van der Waals surface area contributed by atoms with Gasteiger partial charge in [0.15, 0.2) is 11.5 Å². The Morgan fingerprint density at radius 3 is 2.88 bits per heavy atom. The smallest absolute Gasteiger partial charge is 0.172 e. The van der Waals surface area contributed by atoms with Crippen LogP contribution in [0.15, 0.2) is 36.4 Å². The number of H-pyrrole nitrogens is 1. The molecule has 0 aliphatic rings. The summed E-state index contributed by atoms with van der Waals surface area (Å²) < 4.78 is 11.4. The molecule has 0 unspecified atom stereocenters. The number of hydrogen-bond donors (Lipinski definition) is 1. The van der Waals surface area contributed by atoms with Crippen molar-refractivity contribution in [3.63, 3.8) is 0 Å². The predicted octanol–water partition coefficient (Wildman–Crippen LogP) is 4.29. The molecule has 0 radical (unpaired) electrons. The normalized spacial score (nSPS) is 10.5. The van der Waals surface area contributed by atoms with Gasteiger partial charge in [0.05, 0.1) is 41.9 Å². The summed E-state index contributed by atoms with van der Waals surface area (Å²) >= 11 is 0. The number of fused-ring (bicyclic) bond motifs is 1. The van der Waals surface area contributed by atoms with Crippen molar-refractivity contribution in [2.24, 2.45) is 0 Å². The quantitative estimate of drug-likeness (QED) is 0.688. The van der Waals surface area contributed by atoms with Gasteiger partial charge in [0, 0.05) is 0 Å². The molecule has 0 bridgehead atoms. The van der Waals surface area contributed by atoms with Crippen molar-refractivity contribution in [2.75, 3.05) is 13.7 Å². The highest BCUT2D eigenvalue weighted by atomic mass is 16.5. The maximum absolute atomic E-state index is 9.03. The van der Waals surface area contributed by atoms with Crippen LogP contribution < -0.4 is 9.47 Å². The summed E-state index contributed by atoms with van der Waals surface area (Å²) in [5.74, 6) is 2.07. The van der Waals surface area contributed by atoms with Crippen LogP contribution in [0.5, 0.6) is 11.5 Å². The third kappa shape index (κ3) is 3.04. The summed E-state index contributed by atoms with van der Waals surface area (Å²) in [6.45, 7) is 2.75. The zero-order chi connectivity index (χ0) is 16.9. The van der Waals surface area contributed by atoms with Gasteiger partial charge < -0.3 is 14.5 Å². The molecule has 3 aromatic rings. The fourth-order valence-corrected chi connectivity index (χ4v) is 2.54. The van der Waals surface area contributed by atoms with Gasteiger partial charge in [-0.3, -0.25) is 0 Å². The van der Waals surface area contributed by atoms with E-state index in [1.807, 2.05) is 24.3 Å². The number of ether oxygens (including phenoxy) is 2. The van der Waals surface area contributed by atoms with E-state index in [-0.39, 0.29) is 0 Å². The van der Waals surface area contributed by atoms with Gasteiger partial charge in [-0.25, -0.2) is 4.98 Å². The summed E-state index contributed by atoms with van der Waals surface area (Å²) in [5, 5.41) is 9.03. The second-order valence-electron chi connectivity index (χ2n) is 5.47. The number of unbranched alkanes of at least 4 members (excludes halogenated alkanes) is 1. The Labute approximate surface area is 140 Å². The molecule has 0 fully saturated rings. The zero-order valence-electron chi connectivity index (χ0n) is 13.8. The minimum absolute atomic E-state index is 0.600. The molecule has 1 aromatic heterocycles. The average Bonchev–Trinajstić information content (AvgIpc) is 3.04. The number of para-hydroxylation sites is 1. The van der Waals surface area contributed by atoms with Gasteiger partial charge in [-0.15, -0.1) is 0 Å². The fraction of sp³-hybridized carbons (Fsp3) is 0.263. The number of rotatable bonds is 6. The lowest BCUT2D eigenvalue weighted by Gasteiger charge is -2.13. The maximum atomic E-state index is 9.03. The Hall–Kier alpha value is -3.00. The molecular formula is C19H19N3O2. The molecule has 0 atom stereocenters. The van der Waals surface area contributed by atoms with Crippen LogP contribution in [-0.4, -0.2) is 23.7 Å². The monoisotopic (exact) mass is 321 g/mol. The largest absolute Gasteiger partial charge is 0.493 e. The van der Waals surface area contributed by atoms with Gasteiger partial charge in [-0.2, -0.15) is 5.26 Å². The highest BCUT2D eigenvalue weighted by molar-refractivity contribution is 5.82. The SMILES string of the molecule is CCCCOc1c(OC)cccc1-c1nc2ccc(C#N)cc2[nH]1. The summed E-state index contributed by atoms with van der Waals surface area (Å²) in [5.41, 5.74) is 3.08. The van der Waals surface area contributed by atoms with Crippen molar-refractivity contribution >= 4 is 11.0 Å². The topological polar surface area (TPSA) is 70.9 Å². The fourth-order valence-electron chi connectivity index (χ4n) is 2.54. The van der Waals surface area contributed by atoms with Gasteiger partial charge in [0.2, 0.25) is 0 Å². The lowest BCUT2D eigenvalue weighted by atomic mass is 10.1. The van der Waals surface area contributed by atoms with Gasteiger partial charge in [-0.1, -0.05) is 19.4 Å².